The first-order chi connectivity index (χ1) is 7.26. The van der Waals surface area contributed by atoms with E-state index in [2.05, 4.69) is 15.3 Å². The molecule has 0 radical (unpaired) electrons. The van der Waals surface area contributed by atoms with Crippen LogP contribution in [0.2, 0.25) is 5.28 Å². The minimum absolute atomic E-state index is 0.0361. The fraction of sp³-hybridized carbons (Fsp3) is 0.444. The lowest BCUT2D eigenvalue weighted by atomic mass is 10.2. The van der Waals surface area contributed by atoms with Gasteiger partial charge in [-0.05, 0) is 32.4 Å². The Morgan fingerprint density at radius 3 is 2.62 bits per heavy atom. The van der Waals surface area contributed by atoms with E-state index in [1.165, 1.54) is 6.07 Å². The summed E-state index contributed by atoms with van der Waals surface area (Å²) in [6.45, 7) is 5.27. The Kier molecular flexibility index (Phi) is 3.54. The van der Waals surface area contributed by atoms with E-state index in [1.807, 2.05) is 0 Å². The van der Waals surface area contributed by atoms with Crippen molar-refractivity contribution in [1.29, 1.82) is 0 Å². The normalized spacial score (nSPS) is 11.0. The standard InChI is InChI=1S/C9H13ClN4O2/c1-9(2,3)16-8(15)14-6-4-5(11)12-7(10)13-6/h4H,1-3H3,(H3,11,12,13,14,15). The van der Waals surface area contributed by atoms with E-state index in [0.29, 0.717) is 0 Å². The number of carbonyl (C=O) groups excluding carboxylic acids is 1. The lowest BCUT2D eigenvalue weighted by molar-refractivity contribution is 0.0635. The van der Waals surface area contributed by atoms with Gasteiger partial charge in [-0.25, -0.2) is 14.8 Å². The largest absolute Gasteiger partial charge is 0.444 e. The van der Waals surface area contributed by atoms with Gasteiger partial charge in [0, 0.05) is 6.07 Å². The number of aromatic nitrogens is 2. The highest BCUT2D eigenvalue weighted by Crippen LogP contribution is 2.13. The fourth-order valence-electron chi connectivity index (χ4n) is 0.908. The zero-order chi connectivity index (χ0) is 12.3. The van der Waals surface area contributed by atoms with Crippen molar-refractivity contribution in [3.63, 3.8) is 0 Å². The van der Waals surface area contributed by atoms with Crippen molar-refractivity contribution < 1.29 is 9.53 Å². The lowest BCUT2D eigenvalue weighted by Crippen LogP contribution is -2.27. The summed E-state index contributed by atoms with van der Waals surface area (Å²) in [5.41, 5.74) is 4.86. The van der Waals surface area contributed by atoms with Gasteiger partial charge >= 0.3 is 6.09 Å². The Morgan fingerprint density at radius 2 is 2.12 bits per heavy atom. The van der Waals surface area contributed by atoms with Crippen LogP contribution in [0.15, 0.2) is 6.07 Å². The number of nitrogens with two attached hydrogens (primary N) is 1. The van der Waals surface area contributed by atoms with Crippen molar-refractivity contribution in [1.82, 2.24) is 9.97 Å². The SMILES string of the molecule is CC(C)(C)OC(=O)Nc1cc(N)nc(Cl)n1. The second-order valence-corrected chi connectivity index (χ2v) is 4.41. The molecule has 88 valence electrons. The summed E-state index contributed by atoms with van der Waals surface area (Å²) in [5, 5.41) is 2.37. The number of nitrogens with one attached hydrogen (secondary N) is 1. The van der Waals surface area contributed by atoms with Gasteiger partial charge < -0.3 is 10.5 Å². The molecule has 1 heterocycles. The number of ether oxygens (including phenoxy) is 1. The average molecular weight is 245 g/mol. The molecule has 0 saturated heterocycles. The third-order valence-corrected chi connectivity index (χ3v) is 1.52. The molecule has 0 aliphatic heterocycles. The molecule has 0 fully saturated rings. The van der Waals surface area contributed by atoms with E-state index in [-0.39, 0.29) is 16.9 Å². The van der Waals surface area contributed by atoms with Crippen LogP contribution in [-0.2, 0) is 4.74 Å². The summed E-state index contributed by atoms with van der Waals surface area (Å²) < 4.78 is 5.03. The minimum Gasteiger partial charge on any atom is -0.444 e. The van der Waals surface area contributed by atoms with E-state index < -0.39 is 11.7 Å². The number of hydrogen-bond donors (Lipinski definition) is 2. The van der Waals surface area contributed by atoms with Gasteiger partial charge in [-0.2, -0.15) is 0 Å². The first-order valence-electron chi connectivity index (χ1n) is 4.56. The molecule has 0 bridgehead atoms. The maximum atomic E-state index is 11.4. The summed E-state index contributed by atoms with van der Waals surface area (Å²) in [4.78, 5) is 18.8. The molecule has 0 saturated carbocycles. The van der Waals surface area contributed by atoms with Gasteiger partial charge in [0.15, 0.2) is 0 Å². The van der Waals surface area contributed by atoms with Gasteiger partial charge in [0.05, 0.1) is 0 Å². The van der Waals surface area contributed by atoms with Crippen LogP contribution in [0.5, 0.6) is 0 Å². The molecular formula is C9H13ClN4O2. The van der Waals surface area contributed by atoms with Crippen LogP contribution in [0.3, 0.4) is 0 Å². The molecule has 0 unspecified atom stereocenters. The monoisotopic (exact) mass is 244 g/mol. The molecular weight excluding hydrogens is 232 g/mol. The maximum Gasteiger partial charge on any atom is 0.413 e. The van der Waals surface area contributed by atoms with Gasteiger partial charge in [-0.1, -0.05) is 0 Å². The summed E-state index contributed by atoms with van der Waals surface area (Å²) in [6.07, 6.45) is -0.623. The molecule has 0 aliphatic carbocycles. The highest BCUT2D eigenvalue weighted by molar-refractivity contribution is 6.28. The van der Waals surface area contributed by atoms with E-state index in [0.717, 1.165) is 0 Å². The molecule has 16 heavy (non-hydrogen) atoms. The highest BCUT2D eigenvalue weighted by atomic mass is 35.5. The predicted molar refractivity (Wildman–Crippen MR) is 61.3 cm³/mol. The van der Waals surface area contributed by atoms with E-state index in [4.69, 9.17) is 22.1 Å². The average Bonchev–Trinajstić information content (AvgIpc) is 1.96. The molecule has 0 aromatic carbocycles. The van der Waals surface area contributed by atoms with Gasteiger partial charge in [-0.3, -0.25) is 5.32 Å². The Hall–Kier alpha value is -1.56. The van der Waals surface area contributed by atoms with E-state index in [9.17, 15) is 4.79 Å². The zero-order valence-electron chi connectivity index (χ0n) is 9.24. The van der Waals surface area contributed by atoms with Gasteiger partial charge in [0.1, 0.15) is 17.2 Å². The van der Waals surface area contributed by atoms with Crippen LogP contribution in [0, 0.1) is 0 Å². The van der Waals surface area contributed by atoms with Gasteiger partial charge in [0.25, 0.3) is 0 Å². The molecule has 0 atom stereocenters. The summed E-state index contributed by atoms with van der Waals surface area (Å²) in [6, 6.07) is 1.38. The fourth-order valence-corrected chi connectivity index (χ4v) is 1.10. The molecule has 1 aromatic rings. The molecule has 7 heteroatoms. The highest BCUT2D eigenvalue weighted by Gasteiger charge is 2.16. The number of carbonyl (C=O) groups is 1. The third-order valence-electron chi connectivity index (χ3n) is 1.35. The number of rotatable bonds is 1. The summed E-state index contributed by atoms with van der Waals surface area (Å²) in [5.74, 6) is 0.373. The molecule has 0 aliphatic rings. The number of amides is 1. The van der Waals surface area contributed by atoms with Gasteiger partial charge in [0.2, 0.25) is 5.28 Å². The second kappa shape index (κ2) is 4.52. The minimum atomic E-state index is -0.623. The Balaban J connectivity index is 2.70. The lowest BCUT2D eigenvalue weighted by Gasteiger charge is -2.19. The molecule has 3 N–H and O–H groups in total. The number of halogens is 1. The van der Waals surface area contributed by atoms with E-state index >= 15 is 0 Å². The third kappa shape index (κ3) is 4.31. The molecule has 6 nitrogen and oxygen atoms in total. The van der Waals surface area contributed by atoms with Crippen LogP contribution < -0.4 is 11.1 Å². The molecule has 1 rings (SSSR count). The second-order valence-electron chi connectivity index (χ2n) is 4.07. The van der Waals surface area contributed by atoms with Crippen molar-refractivity contribution in [2.45, 2.75) is 26.4 Å². The maximum absolute atomic E-state index is 11.4. The first-order valence-corrected chi connectivity index (χ1v) is 4.94. The zero-order valence-corrected chi connectivity index (χ0v) is 10.00. The van der Waals surface area contributed by atoms with Crippen molar-refractivity contribution in [3.8, 4) is 0 Å². The summed E-state index contributed by atoms with van der Waals surface area (Å²) in [7, 11) is 0. The van der Waals surface area contributed by atoms with Crippen LogP contribution in [0.1, 0.15) is 20.8 Å². The number of anilines is 2. The topological polar surface area (TPSA) is 90.1 Å². The van der Waals surface area contributed by atoms with Crippen molar-refractivity contribution >= 4 is 29.3 Å². The number of hydrogen-bond acceptors (Lipinski definition) is 5. The number of nitrogen functional groups attached to an aromatic ring is 1. The van der Waals surface area contributed by atoms with Crippen LogP contribution in [0.25, 0.3) is 0 Å². The molecule has 0 spiro atoms. The van der Waals surface area contributed by atoms with Crippen molar-refractivity contribution in [2.75, 3.05) is 11.1 Å². The quantitative estimate of drug-likeness (QED) is 0.738. The van der Waals surface area contributed by atoms with Crippen LogP contribution in [-0.4, -0.2) is 21.7 Å². The van der Waals surface area contributed by atoms with Crippen LogP contribution in [0.4, 0.5) is 16.4 Å². The number of nitrogens with zero attached hydrogens (tertiary/aromatic N) is 2. The Bertz CT molecular complexity index is 383. The van der Waals surface area contributed by atoms with Crippen molar-refractivity contribution in [2.24, 2.45) is 0 Å². The smallest absolute Gasteiger partial charge is 0.413 e. The first kappa shape index (κ1) is 12.5. The van der Waals surface area contributed by atoms with Crippen LogP contribution >= 0.6 is 11.6 Å². The molecule has 1 aromatic heterocycles. The Morgan fingerprint density at radius 1 is 1.50 bits per heavy atom. The van der Waals surface area contributed by atoms with Crippen molar-refractivity contribution in [3.05, 3.63) is 11.3 Å². The van der Waals surface area contributed by atoms with Gasteiger partial charge in [-0.15, -0.1) is 0 Å². The predicted octanol–water partition coefficient (Wildman–Crippen LogP) is 2.06. The summed E-state index contributed by atoms with van der Waals surface area (Å²) >= 11 is 5.57. The molecule has 1 amide bonds. The Labute approximate surface area is 98.2 Å². The van der Waals surface area contributed by atoms with E-state index in [1.54, 1.807) is 20.8 Å².